The molecule has 0 radical (unpaired) electrons. The van der Waals surface area contributed by atoms with E-state index in [0.29, 0.717) is 0 Å². The first-order valence-electron chi connectivity index (χ1n) is 2.32. The van der Waals surface area contributed by atoms with E-state index in [9.17, 15) is 9.59 Å². The fourth-order valence-electron chi connectivity index (χ4n) is 0.435. The van der Waals surface area contributed by atoms with Gasteiger partial charge in [0.2, 0.25) is 0 Å². The summed E-state index contributed by atoms with van der Waals surface area (Å²) in [6.45, 7) is 0. The van der Waals surface area contributed by atoms with Gasteiger partial charge >= 0.3 is 11.1 Å². The van der Waals surface area contributed by atoms with E-state index < -0.39 is 11.1 Å². The van der Waals surface area contributed by atoms with Gasteiger partial charge in [-0.3, -0.25) is 19.4 Å². The van der Waals surface area contributed by atoms with Crippen LogP contribution in [0, 0.1) is 0 Å². The zero-order valence-corrected chi connectivity index (χ0v) is 4.79. The molecule has 48 valence electrons. The predicted octanol–water partition coefficient (Wildman–Crippen LogP) is -1.53. The molecule has 0 saturated heterocycles. The van der Waals surface area contributed by atoms with E-state index in [1.54, 1.807) is 7.05 Å². The summed E-state index contributed by atoms with van der Waals surface area (Å²) in [6, 6.07) is 0. The lowest BCUT2D eigenvalue weighted by Gasteiger charge is -1.90. The van der Waals surface area contributed by atoms with Crippen molar-refractivity contribution in [3.8, 4) is 0 Å². The highest BCUT2D eigenvalue weighted by Crippen LogP contribution is 1.55. The summed E-state index contributed by atoms with van der Waals surface area (Å²) in [5.74, 6) is 0. The van der Waals surface area contributed by atoms with Crippen molar-refractivity contribution in [1.29, 1.82) is 0 Å². The second-order valence-electron chi connectivity index (χ2n) is 1.60. The second-order valence-corrected chi connectivity index (χ2v) is 1.60. The Bertz CT molecular complexity index is 310. The predicted molar refractivity (Wildman–Crippen MR) is 30.1 cm³/mol. The molecule has 1 rings (SSSR count). The summed E-state index contributed by atoms with van der Waals surface area (Å²) < 4.78 is 1.31. The van der Waals surface area contributed by atoms with Crippen molar-refractivity contribution in [2.75, 3.05) is 0 Å². The third-order valence-electron chi connectivity index (χ3n) is 0.820. The van der Waals surface area contributed by atoms with E-state index in [-0.39, 0.29) is 0 Å². The van der Waals surface area contributed by atoms with Crippen molar-refractivity contribution in [3.63, 3.8) is 0 Å². The molecule has 0 bridgehead atoms. The second kappa shape index (κ2) is 1.85. The molecular weight excluding hydrogens is 122 g/mol. The Labute approximate surface area is 50.0 Å². The maximum Gasteiger partial charge on any atom is 0.338 e. The normalized spacial score (nSPS) is 9.44. The molecule has 0 unspecified atom stereocenters. The van der Waals surface area contributed by atoms with E-state index >= 15 is 0 Å². The SMILES string of the molecule is Cn1cnc(=O)c(=O)[nH]1. The summed E-state index contributed by atoms with van der Waals surface area (Å²) in [5.41, 5.74) is -1.45. The van der Waals surface area contributed by atoms with Crippen molar-refractivity contribution in [1.82, 2.24) is 14.8 Å². The number of aryl methyl sites for hydroxylation is 1. The number of rotatable bonds is 0. The van der Waals surface area contributed by atoms with Gasteiger partial charge in [0, 0.05) is 7.05 Å². The molecule has 1 aromatic rings. The lowest BCUT2D eigenvalue weighted by Crippen LogP contribution is -2.32. The standard InChI is InChI=1S/C4H5N3O2/c1-7-2-5-3(8)4(9)6-7/h2H,1H3,(H,6,9). The first-order valence-corrected chi connectivity index (χ1v) is 2.32. The van der Waals surface area contributed by atoms with E-state index in [1.165, 1.54) is 11.0 Å². The van der Waals surface area contributed by atoms with Gasteiger partial charge < -0.3 is 0 Å². The van der Waals surface area contributed by atoms with Crippen molar-refractivity contribution in [2.24, 2.45) is 7.05 Å². The van der Waals surface area contributed by atoms with Crippen LogP contribution in [-0.4, -0.2) is 14.8 Å². The molecule has 0 aromatic carbocycles. The lowest BCUT2D eigenvalue weighted by molar-refractivity contribution is 0.684. The van der Waals surface area contributed by atoms with Crippen molar-refractivity contribution in [2.45, 2.75) is 0 Å². The van der Waals surface area contributed by atoms with Crippen LogP contribution in [0.25, 0.3) is 0 Å². The minimum absolute atomic E-state index is 0.694. The van der Waals surface area contributed by atoms with E-state index in [1.807, 2.05) is 0 Å². The minimum Gasteiger partial charge on any atom is -0.277 e. The van der Waals surface area contributed by atoms with Gasteiger partial charge in [0.05, 0.1) is 0 Å². The molecule has 1 heterocycles. The third-order valence-corrected chi connectivity index (χ3v) is 0.820. The van der Waals surface area contributed by atoms with Crippen LogP contribution < -0.4 is 11.1 Å². The van der Waals surface area contributed by atoms with Gasteiger partial charge in [-0.05, 0) is 0 Å². The van der Waals surface area contributed by atoms with Crippen molar-refractivity contribution in [3.05, 3.63) is 27.0 Å². The summed E-state index contributed by atoms with van der Waals surface area (Å²) in [6.07, 6.45) is 1.24. The molecule has 5 nitrogen and oxygen atoms in total. The van der Waals surface area contributed by atoms with Crippen molar-refractivity contribution < 1.29 is 0 Å². The Kier molecular flexibility index (Phi) is 1.18. The van der Waals surface area contributed by atoms with E-state index in [0.717, 1.165) is 0 Å². The summed E-state index contributed by atoms with van der Waals surface area (Å²) in [7, 11) is 1.58. The van der Waals surface area contributed by atoms with Crippen LogP contribution in [0.3, 0.4) is 0 Å². The molecule has 0 saturated carbocycles. The number of H-pyrrole nitrogens is 1. The molecule has 5 heteroatoms. The molecule has 1 N–H and O–H groups in total. The molecular formula is C4H5N3O2. The smallest absolute Gasteiger partial charge is 0.277 e. The van der Waals surface area contributed by atoms with Crippen LogP contribution in [0.1, 0.15) is 0 Å². The monoisotopic (exact) mass is 127 g/mol. The molecule has 0 spiro atoms. The fraction of sp³-hybridized carbons (Fsp3) is 0.250. The Morgan fingerprint density at radius 1 is 1.67 bits per heavy atom. The molecule has 1 aromatic heterocycles. The molecule has 0 amide bonds. The molecule has 0 aliphatic heterocycles. The molecule has 9 heavy (non-hydrogen) atoms. The summed E-state index contributed by atoms with van der Waals surface area (Å²) >= 11 is 0. The molecule has 0 aliphatic rings. The van der Waals surface area contributed by atoms with Gasteiger partial charge in [-0.2, -0.15) is 4.98 Å². The third kappa shape index (κ3) is 1.04. The molecule has 0 fully saturated rings. The topological polar surface area (TPSA) is 67.8 Å². The molecule has 0 aliphatic carbocycles. The quantitative estimate of drug-likeness (QED) is 0.430. The maximum absolute atomic E-state index is 10.4. The Morgan fingerprint density at radius 3 is 2.78 bits per heavy atom. The van der Waals surface area contributed by atoms with Gasteiger partial charge in [-0.1, -0.05) is 0 Å². The zero-order chi connectivity index (χ0) is 6.85. The van der Waals surface area contributed by atoms with Crippen LogP contribution in [0.15, 0.2) is 15.9 Å². The van der Waals surface area contributed by atoms with Gasteiger partial charge in [-0.15, -0.1) is 0 Å². The Morgan fingerprint density at radius 2 is 2.33 bits per heavy atom. The van der Waals surface area contributed by atoms with Crippen molar-refractivity contribution >= 4 is 0 Å². The first kappa shape index (κ1) is 5.74. The average Bonchev–Trinajstić information content (AvgIpc) is 1.80. The van der Waals surface area contributed by atoms with Gasteiger partial charge in [0.25, 0.3) is 0 Å². The highest BCUT2D eigenvalue weighted by atomic mass is 16.2. The average molecular weight is 127 g/mol. The van der Waals surface area contributed by atoms with E-state index in [4.69, 9.17) is 0 Å². The van der Waals surface area contributed by atoms with Crippen LogP contribution in [0.4, 0.5) is 0 Å². The first-order chi connectivity index (χ1) is 4.20. The van der Waals surface area contributed by atoms with Gasteiger partial charge in [-0.25, -0.2) is 0 Å². The van der Waals surface area contributed by atoms with Crippen LogP contribution in [-0.2, 0) is 7.05 Å². The van der Waals surface area contributed by atoms with Crippen LogP contribution in [0.5, 0.6) is 0 Å². The van der Waals surface area contributed by atoms with Gasteiger partial charge in [0.1, 0.15) is 6.33 Å². The van der Waals surface area contributed by atoms with Crippen LogP contribution in [0.2, 0.25) is 0 Å². The zero-order valence-electron chi connectivity index (χ0n) is 4.79. The largest absolute Gasteiger partial charge is 0.338 e. The number of aromatic nitrogens is 3. The van der Waals surface area contributed by atoms with Gasteiger partial charge in [0.15, 0.2) is 0 Å². The number of nitrogens with one attached hydrogen (secondary N) is 1. The number of hydrogen-bond donors (Lipinski definition) is 1. The number of nitrogens with zero attached hydrogens (tertiary/aromatic N) is 2. The van der Waals surface area contributed by atoms with Crippen LogP contribution >= 0.6 is 0 Å². The minimum atomic E-state index is -0.756. The highest BCUT2D eigenvalue weighted by molar-refractivity contribution is 4.68. The summed E-state index contributed by atoms with van der Waals surface area (Å²) in [5, 5.41) is 2.22. The maximum atomic E-state index is 10.4. The number of aromatic amines is 1. The highest BCUT2D eigenvalue weighted by Gasteiger charge is 1.88. The Hall–Kier alpha value is -1.39. The lowest BCUT2D eigenvalue weighted by atomic mass is 10.8. The number of hydrogen-bond acceptors (Lipinski definition) is 3. The summed E-state index contributed by atoms with van der Waals surface area (Å²) in [4.78, 5) is 23.9. The Balaban J connectivity index is 3.53. The van der Waals surface area contributed by atoms with E-state index in [2.05, 4.69) is 10.1 Å². The fourth-order valence-corrected chi connectivity index (χ4v) is 0.435. The molecule has 0 atom stereocenters.